The molecule has 1 N–H and O–H groups in total. The van der Waals surface area contributed by atoms with Gasteiger partial charge < -0.3 is 5.32 Å². The van der Waals surface area contributed by atoms with E-state index in [0.29, 0.717) is 16.1 Å². The summed E-state index contributed by atoms with van der Waals surface area (Å²) in [5.74, 6) is 0.753. The number of carbonyl (C=O) groups is 1. The van der Waals surface area contributed by atoms with E-state index in [0.717, 1.165) is 21.8 Å². The van der Waals surface area contributed by atoms with Gasteiger partial charge in [0.15, 0.2) is 16.1 Å². The third-order valence-corrected chi connectivity index (χ3v) is 6.09. The Morgan fingerprint density at radius 2 is 1.97 bits per heavy atom. The number of hydrogen-bond acceptors (Lipinski definition) is 7. The van der Waals surface area contributed by atoms with Crippen LogP contribution in [0, 0.1) is 13.8 Å². The molecule has 0 saturated carbocycles. The molecule has 0 radical (unpaired) electrons. The van der Waals surface area contributed by atoms with Crippen LogP contribution in [0.15, 0.2) is 60.0 Å². The van der Waals surface area contributed by atoms with E-state index in [9.17, 15) is 4.79 Å². The highest BCUT2D eigenvalue weighted by atomic mass is 32.2. The third-order valence-electron chi connectivity index (χ3n) is 4.17. The van der Waals surface area contributed by atoms with E-state index in [4.69, 9.17) is 0 Å². The highest BCUT2D eigenvalue weighted by Gasteiger charge is 2.17. The van der Waals surface area contributed by atoms with Crippen LogP contribution in [0.3, 0.4) is 0 Å². The van der Waals surface area contributed by atoms with E-state index < -0.39 is 0 Å². The number of nitrogens with zero attached hydrogens (tertiary/aromatic N) is 5. The lowest BCUT2D eigenvalue weighted by Crippen LogP contribution is -2.14. The molecule has 0 aliphatic heterocycles. The summed E-state index contributed by atoms with van der Waals surface area (Å²) in [6.45, 7) is 3.91. The first-order chi connectivity index (χ1) is 14.1. The normalized spacial score (nSPS) is 10.8. The van der Waals surface area contributed by atoms with Crippen molar-refractivity contribution in [2.75, 3.05) is 11.1 Å². The number of hydrogen-bond donors (Lipinski definition) is 1. The van der Waals surface area contributed by atoms with Gasteiger partial charge in [0.25, 0.3) is 0 Å². The average molecular weight is 423 g/mol. The summed E-state index contributed by atoms with van der Waals surface area (Å²) in [6, 6.07) is 13.6. The quantitative estimate of drug-likeness (QED) is 0.470. The van der Waals surface area contributed by atoms with Crippen molar-refractivity contribution in [1.82, 2.24) is 24.7 Å². The summed E-state index contributed by atoms with van der Waals surface area (Å²) in [5, 5.41) is 12.8. The number of rotatable bonds is 6. The van der Waals surface area contributed by atoms with Crippen LogP contribution in [0.25, 0.3) is 17.1 Å². The Bertz CT molecular complexity index is 1110. The number of amides is 1. The first-order valence-electron chi connectivity index (χ1n) is 8.90. The number of anilines is 1. The van der Waals surface area contributed by atoms with Gasteiger partial charge in [-0.15, -0.1) is 21.5 Å². The minimum atomic E-state index is -0.130. The van der Waals surface area contributed by atoms with Crippen LogP contribution >= 0.6 is 23.1 Å². The Morgan fingerprint density at radius 1 is 1.14 bits per heavy atom. The SMILES string of the molecule is Cc1nc(NC(=O)CSc2nnc(-c3cccnc3)n2-c2ccccc2)sc1C. The van der Waals surface area contributed by atoms with Crippen molar-refractivity contribution >= 4 is 34.1 Å². The average Bonchev–Trinajstić information content (AvgIpc) is 3.30. The van der Waals surface area contributed by atoms with Crippen LogP contribution in [0.4, 0.5) is 5.13 Å². The molecule has 1 amide bonds. The minimum Gasteiger partial charge on any atom is -0.301 e. The second-order valence-electron chi connectivity index (χ2n) is 6.22. The predicted molar refractivity (Wildman–Crippen MR) is 116 cm³/mol. The van der Waals surface area contributed by atoms with Gasteiger partial charge in [-0.05, 0) is 38.1 Å². The molecule has 0 spiro atoms. The van der Waals surface area contributed by atoms with E-state index in [1.807, 2.05) is 60.9 Å². The van der Waals surface area contributed by atoms with Gasteiger partial charge in [0.05, 0.1) is 11.4 Å². The van der Waals surface area contributed by atoms with Gasteiger partial charge >= 0.3 is 0 Å². The maximum absolute atomic E-state index is 12.4. The summed E-state index contributed by atoms with van der Waals surface area (Å²) in [6.07, 6.45) is 3.46. The maximum Gasteiger partial charge on any atom is 0.236 e. The molecular weight excluding hydrogens is 404 g/mol. The van der Waals surface area contributed by atoms with Gasteiger partial charge in [-0.3, -0.25) is 14.3 Å². The molecule has 29 heavy (non-hydrogen) atoms. The second-order valence-corrected chi connectivity index (χ2v) is 8.36. The van der Waals surface area contributed by atoms with Gasteiger partial charge in [-0.1, -0.05) is 30.0 Å². The Morgan fingerprint density at radius 3 is 2.66 bits per heavy atom. The van der Waals surface area contributed by atoms with Gasteiger partial charge in [0, 0.05) is 28.5 Å². The Kier molecular flexibility index (Phi) is 5.68. The molecule has 4 rings (SSSR count). The van der Waals surface area contributed by atoms with E-state index in [-0.39, 0.29) is 11.7 Å². The molecule has 0 atom stereocenters. The van der Waals surface area contributed by atoms with Crippen LogP contribution < -0.4 is 5.32 Å². The molecule has 3 heterocycles. The molecule has 3 aromatic heterocycles. The number of para-hydroxylation sites is 1. The zero-order valence-corrected chi connectivity index (χ0v) is 17.5. The van der Waals surface area contributed by atoms with E-state index in [1.165, 1.54) is 23.1 Å². The lowest BCUT2D eigenvalue weighted by atomic mass is 10.2. The summed E-state index contributed by atoms with van der Waals surface area (Å²) in [4.78, 5) is 22.0. The lowest BCUT2D eigenvalue weighted by Gasteiger charge is -2.10. The topological polar surface area (TPSA) is 85.6 Å². The largest absolute Gasteiger partial charge is 0.301 e. The smallest absolute Gasteiger partial charge is 0.236 e. The highest BCUT2D eigenvalue weighted by Crippen LogP contribution is 2.28. The number of benzene rings is 1. The van der Waals surface area contributed by atoms with Gasteiger partial charge in [0.1, 0.15) is 0 Å². The predicted octanol–water partition coefficient (Wildman–Crippen LogP) is 4.13. The van der Waals surface area contributed by atoms with Crippen molar-refractivity contribution < 1.29 is 4.79 Å². The number of thioether (sulfide) groups is 1. The molecule has 7 nitrogen and oxygen atoms in total. The van der Waals surface area contributed by atoms with Crippen LogP contribution in [0.5, 0.6) is 0 Å². The van der Waals surface area contributed by atoms with Crippen molar-refractivity contribution in [3.05, 3.63) is 65.4 Å². The lowest BCUT2D eigenvalue weighted by molar-refractivity contribution is -0.113. The second kappa shape index (κ2) is 8.54. The molecule has 9 heteroatoms. The van der Waals surface area contributed by atoms with Crippen molar-refractivity contribution in [2.45, 2.75) is 19.0 Å². The third kappa shape index (κ3) is 4.36. The van der Waals surface area contributed by atoms with Gasteiger partial charge in [-0.25, -0.2) is 4.98 Å². The zero-order valence-electron chi connectivity index (χ0n) is 15.9. The van der Waals surface area contributed by atoms with E-state index in [2.05, 4.69) is 25.5 Å². The molecule has 0 unspecified atom stereocenters. The standard InChI is InChI=1S/C20H18N6OS2/c1-13-14(2)29-19(22-13)23-17(27)12-28-20-25-24-18(15-7-6-10-21-11-15)26(20)16-8-4-3-5-9-16/h3-11H,12H2,1-2H3,(H,22,23,27). The molecule has 146 valence electrons. The molecule has 1 aromatic carbocycles. The summed E-state index contributed by atoms with van der Waals surface area (Å²) >= 11 is 2.80. The fourth-order valence-electron chi connectivity index (χ4n) is 2.67. The fourth-order valence-corrected chi connectivity index (χ4v) is 4.25. The first-order valence-corrected chi connectivity index (χ1v) is 10.7. The molecule has 0 fully saturated rings. The van der Waals surface area contributed by atoms with Crippen LogP contribution in [0.2, 0.25) is 0 Å². The minimum absolute atomic E-state index is 0.130. The van der Waals surface area contributed by atoms with Gasteiger partial charge in [0.2, 0.25) is 5.91 Å². The monoisotopic (exact) mass is 422 g/mol. The van der Waals surface area contributed by atoms with Crippen molar-refractivity contribution in [1.29, 1.82) is 0 Å². The van der Waals surface area contributed by atoms with Crippen molar-refractivity contribution in [3.63, 3.8) is 0 Å². The maximum atomic E-state index is 12.4. The summed E-state index contributed by atoms with van der Waals surface area (Å²) < 4.78 is 1.94. The summed E-state index contributed by atoms with van der Waals surface area (Å²) in [5.41, 5.74) is 2.71. The number of pyridine rings is 1. The van der Waals surface area contributed by atoms with Crippen molar-refractivity contribution in [2.24, 2.45) is 0 Å². The van der Waals surface area contributed by atoms with Crippen molar-refractivity contribution in [3.8, 4) is 17.1 Å². The van der Waals surface area contributed by atoms with E-state index >= 15 is 0 Å². The van der Waals surface area contributed by atoms with E-state index in [1.54, 1.807) is 12.4 Å². The Balaban J connectivity index is 1.57. The Labute approximate surface area is 176 Å². The number of aryl methyl sites for hydroxylation is 2. The molecule has 0 aliphatic carbocycles. The number of aromatic nitrogens is 5. The van der Waals surface area contributed by atoms with Crippen LogP contribution in [0.1, 0.15) is 10.6 Å². The van der Waals surface area contributed by atoms with Crippen LogP contribution in [-0.4, -0.2) is 36.4 Å². The molecular formula is C20H18N6OS2. The Hall–Kier alpha value is -3.04. The summed E-state index contributed by atoms with van der Waals surface area (Å²) in [7, 11) is 0. The number of thiazole rings is 1. The number of nitrogens with one attached hydrogen (secondary N) is 1. The fraction of sp³-hybridized carbons (Fsp3) is 0.150. The molecule has 0 aliphatic rings. The van der Waals surface area contributed by atoms with Gasteiger partial charge in [-0.2, -0.15) is 0 Å². The number of carbonyl (C=O) groups excluding carboxylic acids is 1. The molecule has 4 aromatic rings. The molecule has 0 bridgehead atoms. The first kappa shape index (κ1) is 19.3. The highest BCUT2D eigenvalue weighted by molar-refractivity contribution is 7.99. The van der Waals surface area contributed by atoms with Crippen LogP contribution in [-0.2, 0) is 4.79 Å². The molecule has 0 saturated heterocycles. The zero-order chi connectivity index (χ0) is 20.2.